The summed E-state index contributed by atoms with van der Waals surface area (Å²) in [7, 11) is 1.95. The fraction of sp³-hybridized carbons (Fsp3) is 0.400. The Labute approximate surface area is 149 Å². The van der Waals surface area contributed by atoms with Crippen LogP contribution >= 0.6 is 0 Å². The minimum atomic E-state index is -0.104. The van der Waals surface area contributed by atoms with Crippen molar-refractivity contribution in [1.29, 1.82) is 0 Å². The van der Waals surface area contributed by atoms with Crippen molar-refractivity contribution in [3.8, 4) is 0 Å². The summed E-state index contributed by atoms with van der Waals surface area (Å²) in [5.41, 5.74) is 0.929. The molecule has 1 unspecified atom stereocenters. The molecule has 1 aliphatic heterocycles. The number of hydrogen-bond donors (Lipinski definition) is 1. The molecule has 1 N–H and O–H groups in total. The van der Waals surface area contributed by atoms with Crippen molar-refractivity contribution in [2.75, 3.05) is 19.6 Å². The molecule has 0 spiro atoms. The van der Waals surface area contributed by atoms with Gasteiger partial charge in [0.05, 0.1) is 0 Å². The highest BCUT2D eigenvalue weighted by atomic mass is 16.2. The lowest BCUT2D eigenvalue weighted by molar-refractivity contribution is -0.125. The van der Waals surface area contributed by atoms with E-state index in [1.54, 1.807) is 12.2 Å². The number of allylic oxidation sites excluding steroid dienone is 3. The highest BCUT2D eigenvalue weighted by molar-refractivity contribution is 5.92. The zero-order chi connectivity index (χ0) is 18.3. The third kappa shape index (κ3) is 5.78. The molecule has 25 heavy (non-hydrogen) atoms. The number of hydrogen-bond acceptors (Lipinski definition) is 2. The Morgan fingerprint density at radius 1 is 1.32 bits per heavy atom. The van der Waals surface area contributed by atoms with Crippen LogP contribution < -0.4 is 5.32 Å². The van der Waals surface area contributed by atoms with Crippen LogP contribution in [0.4, 0.5) is 0 Å². The average molecular weight is 341 g/mol. The van der Waals surface area contributed by atoms with Crippen molar-refractivity contribution in [2.24, 2.45) is 12.5 Å². The first kappa shape index (κ1) is 18.8. The Bertz CT molecular complexity index is 700. The Balaban J connectivity index is 1.83. The van der Waals surface area contributed by atoms with Gasteiger partial charge in [-0.25, -0.2) is 0 Å². The quantitative estimate of drug-likeness (QED) is 0.638. The van der Waals surface area contributed by atoms with E-state index < -0.39 is 0 Å². The van der Waals surface area contributed by atoms with Crippen molar-refractivity contribution in [3.63, 3.8) is 0 Å². The fourth-order valence-corrected chi connectivity index (χ4v) is 2.87. The van der Waals surface area contributed by atoms with Crippen molar-refractivity contribution in [1.82, 2.24) is 14.8 Å². The zero-order valence-electron chi connectivity index (χ0n) is 15.2. The molecule has 2 amide bonds. The van der Waals surface area contributed by atoms with Crippen molar-refractivity contribution >= 4 is 17.9 Å². The summed E-state index contributed by atoms with van der Waals surface area (Å²) in [5.74, 6) is -0.0834. The second-order valence-corrected chi connectivity index (χ2v) is 6.87. The van der Waals surface area contributed by atoms with Crippen LogP contribution in [0.2, 0.25) is 0 Å². The number of rotatable bonds is 6. The fourth-order valence-electron chi connectivity index (χ4n) is 2.87. The molecule has 5 heteroatoms. The maximum atomic E-state index is 12.4. The molecule has 134 valence electrons. The monoisotopic (exact) mass is 341 g/mol. The highest BCUT2D eigenvalue weighted by Crippen LogP contribution is 2.29. The van der Waals surface area contributed by atoms with Crippen LogP contribution in [-0.4, -0.2) is 40.9 Å². The van der Waals surface area contributed by atoms with Gasteiger partial charge in [-0.15, -0.1) is 0 Å². The van der Waals surface area contributed by atoms with Gasteiger partial charge >= 0.3 is 0 Å². The van der Waals surface area contributed by atoms with E-state index in [1.807, 2.05) is 60.1 Å². The number of aromatic nitrogens is 1. The minimum absolute atomic E-state index is 0.0203. The number of nitrogens with one attached hydrogen (secondary N) is 1. The van der Waals surface area contributed by atoms with Gasteiger partial charge in [-0.1, -0.05) is 25.2 Å². The Hall–Kier alpha value is -2.56. The molecule has 1 fully saturated rings. The third-order valence-electron chi connectivity index (χ3n) is 4.38. The lowest BCUT2D eigenvalue weighted by atomic mass is 9.90. The molecule has 1 aromatic heterocycles. The number of amides is 2. The van der Waals surface area contributed by atoms with Gasteiger partial charge in [0.1, 0.15) is 0 Å². The topological polar surface area (TPSA) is 54.3 Å². The largest absolute Gasteiger partial charge is 0.357 e. The standard InChI is InChI=1S/C20H27N3O2/c1-4-5-6-7-18(24)21-15-20(2)11-13-23(16-20)19(25)9-8-17-10-12-22(3)14-17/h4-10,12,14H,11,13,15-16H2,1-3H3,(H,21,24)/b5-4+,7-6+,9-8+. The molecule has 2 heterocycles. The van der Waals surface area contributed by atoms with Crippen LogP contribution in [0.25, 0.3) is 6.08 Å². The summed E-state index contributed by atoms with van der Waals surface area (Å²) in [4.78, 5) is 26.0. The van der Waals surface area contributed by atoms with Crippen LogP contribution in [0.1, 0.15) is 25.8 Å². The van der Waals surface area contributed by atoms with Crippen LogP contribution in [0.15, 0.2) is 48.8 Å². The lowest BCUT2D eigenvalue weighted by Gasteiger charge is -2.24. The SMILES string of the molecule is C/C=C/C=C/C(=O)NCC1(C)CCN(C(=O)/C=C/c2ccn(C)c2)C1. The van der Waals surface area contributed by atoms with Gasteiger partial charge in [0.25, 0.3) is 0 Å². The van der Waals surface area contributed by atoms with E-state index in [0.29, 0.717) is 13.1 Å². The van der Waals surface area contributed by atoms with E-state index in [2.05, 4.69) is 12.2 Å². The van der Waals surface area contributed by atoms with E-state index in [1.165, 1.54) is 6.08 Å². The van der Waals surface area contributed by atoms with Crippen LogP contribution in [-0.2, 0) is 16.6 Å². The molecule has 1 saturated heterocycles. The first-order chi connectivity index (χ1) is 11.9. The van der Waals surface area contributed by atoms with Gasteiger partial charge in [-0.05, 0) is 31.1 Å². The zero-order valence-corrected chi connectivity index (χ0v) is 15.2. The van der Waals surface area contributed by atoms with Crippen LogP contribution in [0.5, 0.6) is 0 Å². The van der Waals surface area contributed by atoms with Gasteiger partial charge in [0, 0.05) is 56.6 Å². The van der Waals surface area contributed by atoms with Gasteiger partial charge < -0.3 is 14.8 Å². The molecule has 1 aliphatic rings. The second-order valence-electron chi connectivity index (χ2n) is 6.87. The summed E-state index contributed by atoms with van der Waals surface area (Å²) in [6.45, 7) is 5.96. The first-order valence-corrected chi connectivity index (χ1v) is 8.58. The smallest absolute Gasteiger partial charge is 0.246 e. The van der Waals surface area contributed by atoms with Crippen molar-refractivity contribution < 1.29 is 9.59 Å². The maximum absolute atomic E-state index is 12.4. The predicted octanol–water partition coefficient (Wildman–Crippen LogP) is 2.53. The Morgan fingerprint density at radius 3 is 2.80 bits per heavy atom. The normalized spacial score (nSPS) is 21.0. The Morgan fingerprint density at radius 2 is 2.12 bits per heavy atom. The molecular weight excluding hydrogens is 314 g/mol. The number of nitrogens with zero attached hydrogens (tertiary/aromatic N) is 2. The van der Waals surface area contributed by atoms with E-state index in [9.17, 15) is 9.59 Å². The second kappa shape index (κ2) is 8.51. The number of carbonyl (C=O) groups is 2. The summed E-state index contributed by atoms with van der Waals surface area (Å²) >= 11 is 0. The lowest BCUT2D eigenvalue weighted by Crippen LogP contribution is -2.38. The minimum Gasteiger partial charge on any atom is -0.357 e. The molecule has 1 aromatic rings. The molecule has 0 aliphatic carbocycles. The first-order valence-electron chi connectivity index (χ1n) is 8.58. The maximum Gasteiger partial charge on any atom is 0.246 e. The van der Waals surface area contributed by atoms with E-state index in [4.69, 9.17) is 0 Å². The van der Waals surface area contributed by atoms with Gasteiger partial charge in [-0.2, -0.15) is 0 Å². The molecule has 5 nitrogen and oxygen atoms in total. The molecule has 2 rings (SSSR count). The van der Waals surface area contributed by atoms with Crippen LogP contribution in [0.3, 0.4) is 0 Å². The Kier molecular flexibility index (Phi) is 6.39. The number of likely N-dealkylation sites (tertiary alicyclic amines) is 1. The van der Waals surface area contributed by atoms with Crippen LogP contribution in [0, 0.1) is 5.41 Å². The summed E-state index contributed by atoms with van der Waals surface area (Å²) in [6.07, 6.45) is 15.2. The van der Waals surface area contributed by atoms with Gasteiger partial charge in [-0.3, -0.25) is 9.59 Å². The van der Waals surface area contributed by atoms with Crippen molar-refractivity contribution in [3.05, 3.63) is 54.4 Å². The summed E-state index contributed by atoms with van der Waals surface area (Å²) < 4.78 is 1.95. The molecule has 0 saturated carbocycles. The third-order valence-corrected chi connectivity index (χ3v) is 4.38. The summed E-state index contributed by atoms with van der Waals surface area (Å²) in [5, 5.41) is 2.93. The van der Waals surface area contributed by atoms with Crippen molar-refractivity contribution in [2.45, 2.75) is 20.3 Å². The average Bonchev–Trinajstić information content (AvgIpc) is 3.18. The van der Waals surface area contributed by atoms with Gasteiger partial charge in [0.15, 0.2) is 0 Å². The summed E-state index contributed by atoms with van der Waals surface area (Å²) in [6, 6.07) is 1.97. The molecule has 0 aromatic carbocycles. The molecule has 0 bridgehead atoms. The van der Waals surface area contributed by atoms with E-state index in [-0.39, 0.29) is 17.2 Å². The predicted molar refractivity (Wildman–Crippen MR) is 101 cm³/mol. The number of aryl methyl sites for hydroxylation is 1. The van der Waals surface area contributed by atoms with E-state index in [0.717, 1.165) is 18.5 Å². The number of carbonyl (C=O) groups excluding carboxylic acids is 2. The molecule has 0 radical (unpaired) electrons. The molecule has 1 atom stereocenters. The highest BCUT2D eigenvalue weighted by Gasteiger charge is 2.35. The van der Waals surface area contributed by atoms with Gasteiger partial charge in [0.2, 0.25) is 11.8 Å². The van der Waals surface area contributed by atoms with E-state index >= 15 is 0 Å². The molecular formula is C20H27N3O2.